The smallest absolute Gasteiger partial charge is 0.0607 e. The lowest BCUT2D eigenvalue weighted by Crippen LogP contribution is -1.96. The fraction of sp³-hybridized carbons (Fsp3) is 0. The Labute approximate surface area is 81.6 Å². The number of hydrogen-bond donors (Lipinski definition) is 5. The van der Waals surface area contributed by atoms with Gasteiger partial charge in [0.25, 0.3) is 0 Å². The predicted molar refractivity (Wildman–Crippen MR) is 57.0 cm³/mol. The van der Waals surface area contributed by atoms with Gasteiger partial charge < -0.3 is 11.5 Å². The third-order valence-electron chi connectivity index (χ3n) is 1.34. The van der Waals surface area contributed by atoms with Crippen molar-refractivity contribution in [2.75, 3.05) is 11.5 Å². The van der Waals surface area contributed by atoms with Gasteiger partial charge in [0, 0.05) is 9.79 Å². The van der Waals surface area contributed by atoms with Gasteiger partial charge in [-0.25, -0.2) is 0 Å². The van der Waals surface area contributed by atoms with E-state index in [-0.39, 0.29) is 0 Å². The summed E-state index contributed by atoms with van der Waals surface area (Å²) in [5.74, 6) is 0. The molecule has 60 valence electrons. The second-order valence-electron chi connectivity index (χ2n) is 2.09. The number of thiol groups is 3. The highest BCUT2D eigenvalue weighted by Gasteiger charge is 2.06. The molecular weight excluding hydrogens is 196 g/mol. The van der Waals surface area contributed by atoms with Crippen molar-refractivity contribution in [1.29, 1.82) is 0 Å². The van der Waals surface area contributed by atoms with Gasteiger partial charge in [-0.3, -0.25) is 0 Å². The van der Waals surface area contributed by atoms with Crippen molar-refractivity contribution in [3.63, 3.8) is 0 Å². The Morgan fingerprint density at radius 1 is 0.909 bits per heavy atom. The van der Waals surface area contributed by atoms with E-state index in [1.165, 1.54) is 0 Å². The van der Waals surface area contributed by atoms with E-state index in [2.05, 4.69) is 37.9 Å². The minimum absolute atomic E-state index is 0.493. The molecule has 5 heteroatoms. The van der Waals surface area contributed by atoms with Crippen LogP contribution in [-0.4, -0.2) is 0 Å². The largest absolute Gasteiger partial charge is 0.397 e. The molecule has 4 N–H and O–H groups in total. The van der Waals surface area contributed by atoms with Crippen molar-refractivity contribution in [2.45, 2.75) is 14.7 Å². The van der Waals surface area contributed by atoms with Crippen LogP contribution in [0, 0.1) is 0 Å². The van der Waals surface area contributed by atoms with Gasteiger partial charge in [-0.15, -0.1) is 37.9 Å². The first-order valence-corrected chi connectivity index (χ1v) is 4.17. The van der Waals surface area contributed by atoms with E-state index in [4.69, 9.17) is 11.5 Å². The molecule has 0 fully saturated rings. The molecule has 0 radical (unpaired) electrons. The molecule has 1 aromatic carbocycles. The molecule has 0 aliphatic rings. The average molecular weight is 204 g/mol. The maximum atomic E-state index is 5.58. The first kappa shape index (κ1) is 8.96. The lowest BCUT2D eigenvalue weighted by Gasteiger charge is -2.07. The second-order valence-corrected chi connectivity index (χ2v) is 3.50. The molecule has 0 aliphatic heterocycles. The summed E-state index contributed by atoms with van der Waals surface area (Å²) in [6, 6.07) is 1.69. The third-order valence-corrected chi connectivity index (χ3v) is 2.56. The van der Waals surface area contributed by atoms with Crippen LogP contribution in [0.15, 0.2) is 20.8 Å². The normalized spacial score (nSPS) is 10.1. The maximum Gasteiger partial charge on any atom is 0.0607 e. The molecule has 2 nitrogen and oxygen atoms in total. The van der Waals surface area contributed by atoms with Crippen LogP contribution in [0.25, 0.3) is 0 Å². The van der Waals surface area contributed by atoms with E-state index in [0.29, 0.717) is 26.1 Å². The van der Waals surface area contributed by atoms with E-state index < -0.39 is 0 Å². The van der Waals surface area contributed by atoms with Gasteiger partial charge in [0.2, 0.25) is 0 Å². The fourth-order valence-electron chi connectivity index (χ4n) is 0.673. The Bertz CT molecular complexity index is 272. The molecule has 0 amide bonds. The van der Waals surface area contributed by atoms with Crippen LogP contribution < -0.4 is 11.5 Å². The van der Waals surface area contributed by atoms with Gasteiger partial charge in [0.15, 0.2) is 0 Å². The molecule has 0 aromatic heterocycles. The average Bonchev–Trinajstić information content (AvgIpc) is 1.97. The number of rotatable bonds is 0. The highest BCUT2D eigenvalue weighted by Crippen LogP contribution is 2.34. The van der Waals surface area contributed by atoms with Gasteiger partial charge in [0.05, 0.1) is 16.3 Å². The van der Waals surface area contributed by atoms with Crippen LogP contribution >= 0.6 is 37.9 Å². The van der Waals surface area contributed by atoms with Crippen LogP contribution in [-0.2, 0) is 0 Å². The van der Waals surface area contributed by atoms with Crippen LogP contribution in [0.1, 0.15) is 0 Å². The van der Waals surface area contributed by atoms with Gasteiger partial charge >= 0.3 is 0 Å². The summed E-state index contributed by atoms with van der Waals surface area (Å²) in [5.41, 5.74) is 12.2. The number of nitrogens with two attached hydrogens (primary N) is 2. The predicted octanol–water partition coefficient (Wildman–Crippen LogP) is 1.72. The highest BCUT2D eigenvalue weighted by molar-refractivity contribution is 7.82. The van der Waals surface area contributed by atoms with Crippen molar-refractivity contribution in [3.8, 4) is 0 Å². The summed E-state index contributed by atoms with van der Waals surface area (Å²) in [7, 11) is 0. The Kier molecular flexibility index (Phi) is 2.51. The number of nitrogen functional groups attached to an aromatic ring is 2. The number of hydrogen-bond acceptors (Lipinski definition) is 5. The Morgan fingerprint density at radius 2 is 1.27 bits per heavy atom. The first-order chi connectivity index (χ1) is 5.04. The minimum atomic E-state index is 0.493. The Morgan fingerprint density at radius 3 is 1.64 bits per heavy atom. The van der Waals surface area contributed by atoms with E-state index in [1.807, 2.05) is 0 Å². The Balaban J connectivity index is 3.46. The van der Waals surface area contributed by atoms with Crippen molar-refractivity contribution in [1.82, 2.24) is 0 Å². The summed E-state index contributed by atoms with van der Waals surface area (Å²) in [6.45, 7) is 0. The van der Waals surface area contributed by atoms with E-state index >= 15 is 0 Å². The zero-order chi connectivity index (χ0) is 8.59. The standard InChI is InChI=1S/C6H8N2S3/c7-4-2(9)1-3(10)5(8)6(4)11/h1,9-11H,7-8H2. The minimum Gasteiger partial charge on any atom is -0.397 e. The molecule has 0 atom stereocenters. The summed E-state index contributed by atoms with van der Waals surface area (Å²) >= 11 is 12.3. The van der Waals surface area contributed by atoms with E-state index in [1.54, 1.807) is 6.07 Å². The summed E-state index contributed by atoms with van der Waals surface area (Å²) < 4.78 is 0. The molecule has 11 heavy (non-hydrogen) atoms. The van der Waals surface area contributed by atoms with Crippen LogP contribution in [0.2, 0.25) is 0 Å². The van der Waals surface area contributed by atoms with E-state index in [0.717, 1.165) is 0 Å². The molecule has 0 spiro atoms. The third kappa shape index (κ3) is 1.55. The molecule has 0 heterocycles. The van der Waals surface area contributed by atoms with Gasteiger partial charge in [-0.2, -0.15) is 0 Å². The Hall–Kier alpha value is -0.130. The number of anilines is 2. The second kappa shape index (κ2) is 3.08. The molecule has 0 unspecified atom stereocenters. The van der Waals surface area contributed by atoms with Crippen LogP contribution in [0.4, 0.5) is 11.4 Å². The van der Waals surface area contributed by atoms with Crippen molar-refractivity contribution >= 4 is 49.3 Å². The van der Waals surface area contributed by atoms with Crippen molar-refractivity contribution in [2.24, 2.45) is 0 Å². The van der Waals surface area contributed by atoms with Gasteiger partial charge in [-0.1, -0.05) is 0 Å². The maximum absolute atomic E-state index is 5.58. The molecular formula is C6H8N2S3. The molecule has 0 bridgehead atoms. The molecule has 0 saturated carbocycles. The molecule has 1 aromatic rings. The quantitative estimate of drug-likeness (QED) is 0.330. The molecule has 0 saturated heterocycles. The van der Waals surface area contributed by atoms with Gasteiger partial charge in [-0.05, 0) is 6.07 Å². The summed E-state index contributed by atoms with van der Waals surface area (Å²) in [5, 5.41) is 0. The summed E-state index contributed by atoms with van der Waals surface area (Å²) in [4.78, 5) is 1.84. The molecule has 1 rings (SSSR count). The van der Waals surface area contributed by atoms with E-state index in [9.17, 15) is 0 Å². The van der Waals surface area contributed by atoms with Crippen LogP contribution in [0.3, 0.4) is 0 Å². The SMILES string of the molecule is Nc1c(S)cc(S)c(N)c1S. The lowest BCUT2D eigenvalue weighted by molar-refractivity contribution is 1.27. The van der Waals surface area contributed by atoms with Gasteiger partial charge in [0.1, 0.15) is 0 Å². The molecule has 0 aliphatic carbocycles. The zero-order valence-electron chi connectivity index (χ0n) is 5.57. The zero-order valence-corrected chi connectivity index (χ0v) is 8.26. The van der Waals surface area contributed by atoms with Crippen molar-refractivity contribution < 1.29 is 0 Å². The fourth-order valence-corrected chi connectivity index (χ4v) is 1.67. The monoisotopic (exact) mass is 204 g/mol. The lowest BCUT2D eigenvalue weighted by atomic mass is 10.3. The van der Waals surface area contributed by atoms with Crippen LogP contribution in [0.5, 0.6) is 0 Å². The topological polar surface area (TPSA) is 52.0 Å². The first-order valence-electron chi connectivity index (χ1n) is 2.83. The number of benzene rings is 1. The summed E-state index contributed by atoms with van der Waals surface area (Å²) in [6.07, 6.45) is 0. The van der Waals surface area contributed by atoms with Crippen molar-refractivity contribution in [3.05, 3.63) is 6.07 Å². The highest BCUT2D eigenvalue weighted by atomic mass is 32.1.